The first kappa shape index (κ1) is 14.7. The highest BCUT2D eigenvalue weighted by Gasteiger charge is 2.18. The molecule has 0 bridgehead atoms. The summed E-state index contributed by atoms with van der Waals surface area (Å²) in [6.07, 6.45) is 1.63. The first-order chi connectivity index (χ1) is 9.53. The number of hydrogen-bond donors (Lipinski definition) is 2. The van der Waals surface area contributed by atoms with Gasteiger partial charge in [-0.05, 0) is 37.7 Å². The second-order valence-electron chi connectivity index (χ2n) is 4.34. The van der Waals surface area contributed by atoms with Gasteiger partial charge in [-0.3, -0.25) is 4.98 Å². The van der Waals surface area contributed by atoms with Crippen molar-refractivity contribution < 1.29 is 12.8 Å². The summed E-state index contributed by atoms with van der Waals surface area (Å²) in [4.78, 5) is 4.14. The third kappa shape index (κ3) is 3.44. The lowest BCUT2D eigenvalue weighted by molar-refractivity contribution is 0.404. The minimum Gasteiger partial charge on any atom is -0.447 e. The van der Waals surface area contributed by atoms with Crippen LogP contribution in [0.5, 0.6) is 0 Å². The second-order valence-corrected chi connectivity index (χ2v) is 6.04. The molecular formula is C13H17N3O3S. The van der Waals surface area contributed by atoms with E-state index in [2.05, 4.69) is 15.0 Å². The Balaban J connectivity index is 2.09. The van der Waals surface area contributed by atoms with Crippen molar-refractivity contribution in [2.24, 2.45) is 0 Å². The lowest BCUT2D eigenvalue weighted by Gasteiger charge is -2.06. The predicted molar refractivity (Wildman–Crippen MR) is 74.5 cm³/mol. The smallest absolute Gasteiger partial charge is 0.274 e. The molecule has 2 heterocycles. The molecular weight excluding hydrogens is 278 g/mol. The summed E-state index contributed by atoms with van der Waals surface area (Å²) >= 11 is 0. The predicted octanol–water partition coefficient (Wildman–Crippen LogP) is 1.18. The van der Waals surface area contributed by atoms with E-state index in [1.54, 1.807) is 19.3 Å². The lowest BCUT2D eigenvalue weighted by Crippen LogP contribution is -2.23. The Kier molecular flexibility index (Phi) is 4.53. The van der Waals surface area contributed by atoms with E-state index < -0.39 is 10.0 Å². The zero-order valence-electron chi connectivity index (χ0n) is 11.4. The Morgan fingerprint density at radius 3 is 2.75 bits per heavy atom. The summed E-state index contributed by atoms with van der Waals surface area (Å²) in [5.41, 5.74) is 1.63. The van der Waals surface area contributed by atoms with Crippen molar-refractivity contribution in [1.29, 1.82) is 0 Å². The molecule has 7 heteroatoms. The van der Waals surface area contributed by atoms with Crippen LogP contribution < -0.4 is 10.0 Å². The van der Waals surface area contributed by atoms with Crippen LogP contribution in [-0.2, 0) is 23.1 Å². The standard InChI is InChI=1S/C13H17N3O3S/c1-10-4-3-7-15-12(10)9-16-20(17,18)13-6-5-11(19-13)8-14-2/h3-7,14,16H,8-9H2,1-2H3. The fourth-order valence-electron chi connectivity index (χ4n) is 1.71. The van der Waals surface area contributed by atoms with Gasteiger partial charge in [0, 0.05) is 6.20 Å². The summed E-state index contributed by atoms with van der Waals surface area (Å²) < 4.78 is 31.9. The van der Waals surface area contributed by atoms with Crippen LogP contribution in [0.1, 0.15) is 17.0 Å². The molecule has 6 nitrogen and oxygen atoms in total. The van der Waals surface area contributed by atoms with E-state index in [0.717, 1.165) is 5.56 Å². The van der Waals surface area contributed by atoms with Crippen molar-refractivity contribution in [1.82, 2.24) is 15.0 Å². The second kappa shape index (κ2) is 6.17. The van der Waals surface area contributed by atoms with Crippen molar-refractivity contribution in [3.63, 3.8) is 0 Å². The molecule has 0 atom stereocenters. The van der Waals surface area contributed by atoms with Crippen LogP contribution in [0, 0.1) is 6.92 Å². The van der Waals surface area contributed by atoms with E-state index in [9.17, 15) is 8.42 Å². The van der Waals surface area contributed by atoms with Crippen molar-refractivity contribution in [3.8, 4) is 0 Å². The van der Waals surface area contributed by atoms with Gasteiger partial charge in [0.15, 0.2) is 0 Å². The molecule has 2 rings (SSSR count). The van der Waals surface area contributed by atoms with E-state index in [0.29, 0.717) is 18.0 Å². The number of nitrogens with one attached hydrogen (secondary N) is 2. The van der Waals surface area contributed by atoms with Crippen LogP contribution in [-0.4, -0.2) is 20.4 Å². The van der Waals surface area contributed by atoms with Crippen LogP contribution in [0.3, 0.4) is 0 Å². The van der Waals surface area contributed by atoms with Gasteiger partial charge < -0.3 is 9.73 Å². The summed E-state index contributed by atoms with van der Waals surface area (Å²) in [5, 5.41) is 2.81. The fourth-order valence-corrected chi connectivity index (χ4v) is 2.64. The molecule has 0 unspecified atom stereocenters. The highest BCUT2D eigenvalue weighted by molar-refractivity contribution is 7.89. The summed E-state index contributed by atoms with van der Waals surface area (Å²) in [5.74, 6) is 0.571. The van der Waals surface area contributed by atoms with E-state index in [1.165, 1.54) is 6.07 Å². The average molecular weight is 295 g/mol. The van der Waals surface area contributed by atoms with E-state index in [-0.39, 0.29) is 11.6 Å². The van der Waals surface area contributed by atoms with Gasteiger partial charge in [-0.2, -0.15) is 0 Å². The van der Waals surface area contributed by atoms with Gasteiger partial charge in [-0.15, -0.1) is 0 Å². The SMILES string of the molecule is CNCc1ccc(S(=O)(=O)NCc2ncccc2C)o1. The van der Waals surface area contributed by atoms with Crippen LogP contribution >= 0.6 is 0 Å². The molecule has 0 aliphatic carbocycles. The zero-order valence-corrected chi connectivity index (χ0v) is 12.2. The number of sulfonamides is 1. The number of aryl methyl sites for hydroxylation is 1. The Morgan fingerprint density at radius 2 is 2.05 bits per heavy atom. The fraction of sp³-hybridized carbons (Fsp3) is 0.308. The molecule has 0 fully saturated rings. The van der Waals surface area contributed by atoms with Crippen LogP contribution in [0.15, 0.2) is 40.0 Å². The molecule has 0 aromatic carbocycles. The number of nitrogens with zero attached hydrogens (tertiary/aromatic N) is 1. The Morgan fingerprint density at radius 1 is 1.25 bits per heavy atom. The molecule has 0 radical (unpaired) electrons. The first-order valence-corrected chi connectivity index (χ1v) is 7.65. The highest BCUT2D eigenvalue weighted by Crippen LogP contribution is 2.14. The minimum absolute atomic E-state index is 0.0867. The topological polar surface area (TPSA) is 84.2 Å². The van der Waals surface area contributed by atoms with Gasteiger partial charge in [-0.1, -0.05) is 6.07 Å². The maximum absolute atomic E-state index is 12.1. The molecule has 0 amide bonds. The van der Waals surface area contributed by atoms with Gasteiger partial charge in [0.25, 0.3) is 10.0 Å². The molecule has 0 aliphatic rings. The highest BCUT2D eigenvalue weighted by atomic mass is 32.2. The molecule has 0 saturated carbocycles. The molecule has 2 aromatic rings. The van der Waals surface area contributed by atoms with Crippen LogP contribution in [0.2, 0.25) is 0 Å². The number of aromatic nitrogens is 1. The average Bonchev–Trinajstić information content (AvgIpc) is 2.88. The maximum atomic E-state index is 12.1. The van der Waals surface area contributed by atoms with E-state index >= 15 is 0 Å². The van der Waals surface area contributed by atoms with Crippen molar-refractivity contribution in [2.75, 3.05) is 7.05 Å². The Hall–Kier alpha value is -1.70. The lowest BCUT2D eigenvalue weighted by atomic mass is 10.2. The number of rotatable bonds is 6. The molecule has 2 N–H and O–H groups in total. The summed E-state index contributed by atoms with van der Waals surface area (Å²) in [6.45, 7) is 2.50. The number of furan rings is 1. The largest absolute Gasteiger partial charge is 0.447 e. The van der Waals surface area contributed by atoms with Crippen LogP contribution in [0.4, 0.5) is 0 Å². The molecule has 2 aromatic heterocycles. The first-order valence-electron chi connectivity index (χ1n) is 6.16. The number of hydrogen-bond acceptors (Lipinski definition) is 5. The summed E-state index contributed by atoms with van der Waals surface area (Å²) in [7, 11) is -1.89. The molecule has 20 heavy (non-hydrogen) atoms. The van der Waals surface area contributed by atoms with E-state index in [4.69, 9.17) is 4.42 Å². The Bertz CT molecular complexity index is 680. The molecule has 0 spiro atoms. The molecule has 108 valence electrons. The van der Waals surface area contributed by atoms with Gasteiger partial charge in [0.2, 0.25) is 5.09 Å². The van der Waals surface area contributed by atoms with E-state index in [1.807, 2.05) is 19.1 Å². The summed E-state index contributed by atoms with van der Waals surface area (Å²) in [6, 6.07) is 6.77. The quantitative estimate of drug-likeness (QED) is 0.836. The zero-order chi connectivity index (χ0) is 14.6. The molecule has 0 aliphatic heterocycles. The minimum atomic E-state index is -3.66. The van der Waals surface area contributed by atoms with Gasteiger partial charge in [-0.25, -0.2) is 13.1 Å². The molecule has 0 saturated heterocycles. The van der Waals surface area contributed by atoms with Crippen molar-refractivity contribution in [3.05, 3.63) is 47.5 Å². The van der Waals surface area contributed by atoms with Gasteiger partial charge in [0.1, 0.15) is 5.76 Å². The van der Waals surface area contributed by atoms with Crippen molar-refractivity contribution >= 4 is 10.0 Å². The normalized spacial score (nSPS) is 11.7. The van der Waals surface area contributed by atoms with Gasteiger partial charge in [0.05, 0.1) is 18.8 Å². The van der Waals surface area contributed by atoms with Gasteiger partial charge >= 0.3 is 0 Å². The Labute approximate surface area is 118 Å². The third-order valence-corrected chi connectivity index (χ3v) is 4.07. The van der Waals surface area contributed by atoms with Crippen LogP contribution in [0.25, 0.3) is 0 Å². The van der Waals surface area contributed by atoms with Crippen molar-refractivity contribution in [2.45, 2.75) is 25.1 Å². The number of pyridine rings is 1. The maximum Gasteiger partial charge on any atom is 0.274 e. The third-order valence-electron chi connectivity index (χ3n) is 2.80. The monoisotopic (exact) mass is 295 g/mol.